The molecule has 0 unspecified atom stereocenters. The molecule has 7 heteroatoms. The maximum absolute atomic E-state index is 13.1. The Balaban J connectivity index is 1.58. The second kappa shape index (κ2) is 7.99. The maximum atomic E-state index is 13.1. The molecular formula is C18H14ClFN2OS2. The van der Waals surface area contributed by atoms with Crippen LogP contribution in [0.1, 0.15) is 5.56 Å². The van der Waals surface area contributed by atoms with Gasteiger partial charge in [-0.3, -0.25) is 4.79 Å². The highest BCUT2D eigenvalue weighted by Crippen LogP contribution is 2.29. The zero-order valence-corrected chi connectivity index (χ0v) is 15.6. The fraction of sp³-hybridized carbons (Fsp3) is 0.111. The molecule has 2 aromatic carbocycles. The molecule has 1 amide bonds. The van der Waals surface area contributed by atoms with Crippen LogP contribution in [-0.2, 0) is 4.79 Å². The van der Waals surface area contributed by atoms with Crippen LogP contribution in [0, 0.1) is 12.7 Å². The van der Waals surface area contributed by atoms with E-state index in [9.17, 15) is 9.18 Å². The number of rotatable bonds is 5. The first kappa shape index (κ1) is 17.9. The molecule has 3 rings (SSSR count). The van der Waals surface area contributed by atoms with Gasteiger partial charge in [0.15, 0.2) is 4.34 Å². The molecule has 0 atom stereocenters. The van der Waals surface area contributed by atoms with Crippen molar-refractivity contribution in [3.05, 3.63) is 64.2 Å². The summed E-state index contributed by atoms with van der Waals surface area (Å²) in [5, 5.41) is 5.42. The summed E-state index contributed by atoms with van der Waals surface area (Å²) in [5.74, 6) is -0.227. The van der Waals surface area contributed by atoms with Crippen molar-refractivity contribution in [2.45, 2.75) is 11.3 Å². The minimum absolute atomic E-state index is 0.150. The number of carbonyl (C=O) groups excluding carboxylic acids is 1. The number of amides is 1. The molecule has 25 heavy (non-hydrogen) atoms. The van der Waals surface area contributed by atoms with Gasteiger partial charge in [-0.15, -0.1) is 11.3 Å². The molecule has 0 aliphatic carbocycles. The minimum Gasteiger partial charge on any atom is -0.325 e. The molecule has 3 nitrogen and oxygen atoms in total. The number of aromatic nitrogens is 1. The van der Waals surface area contributed by atoms with Crippen molar-refractivity contribution in [2.75, 3.05) is 11.1 Å². The first-order valence-corrected chi connectivity index (χ1v) is 9.66. The number of nitrogens with one attached hydrogen (secondary N) is 1. The van der Waals surface area contributed by atoms with Crippen LogP contribution in [0.25, 0.3) is 11.3 Å². The normalized spacial score (nSPS) is 10.7. The predicted molar refractivity (Wildman–Crippen MR) is 103 cm³/mol. The van der Waals surface area contributed by atoms with E-state index in [0.29, 0.717) is 16.3 Å². The van der Waals surface area contributed by atoms with Crippen LogP contribution >= 0.6 is 34.7 Å². The largest absolute Gasteiger partial charge is 0.325 e. The van der Waals surface area contributed by atoms with Gasteiger partial charge in [0.1, 0.15) is 5.82 Å². The molecule has 0 fully saturated rings. The molecule has 0 aliphatic heterocycles. The summed E-state index contributed by atoms with van der Waals surface area (Å²) in [6.07, 6.45) is 0. The Morgan fingerprint density at radius 2 is 2.04 bits per heavy atom. The van der Waals surface area contributed by atoms with Gasteiger partial charge in [-0.1, -0.05) is 35.5 Å². The average Bonchev–Trinajstić information content (AvgIpc) is 3.05. The van der Waals surface area contributed by atoms with E-state index in [1.54, 1.807) is 13.0 Å². The molecule has 3 aromatic rings. The minimum atomic E-state index is -0.317. The molecule has 0 bridgehead atoms. The Morgan fingerprint density at radius 3 is 2.76 bits per heavy atom. The first-order chi connectivity index (χ1) is 12.0. The number of thioether (sulfide) groups is 1. The van der Waals surface area contributed by atoms with E-state index in [0.717, 1.165) is 15.6 Å². The van der Waals surface area contributed by atoms with Gasteiger partial charge in [0.25, 0.3) is 0 Å². The Labute approximate surface area is 158 Å². The van der Waals surface area contributed by atoms with Gasteiger partial charge in [-0.2, -0.15) is 0 Å². The molecular weight excluding hydrogens is 379 g/mol. The molecule has 0 saturated heterocycles. The van der Waals surface area contributed by atoms with Crippen molar-refractivity contribution >= 4 is 46.3 Å². The van der Waals surface area contributed by atoms with Gasteiger partial charge in [0.2, 0.25) is 5.91 Å². The number of hydrogen-bond donors (Lipinski definition) is 1. The van der Waals surface area contributed by atoms with Crippen molar-refractivity contribution < 1.29 is 9.18 Å². The zero-order chi connectivity index (χ0) is 17.8. The van der Waals surface area contributed by atoms with Gasteiger partial charge in [0, 0.05) is 21.7 Å². The van der Waals surface area contributed by atoms with Gasteiger partial charge in [-0.05, 0) is 42.8 Å². The lowest BCUT2D eigenvalue weighted by Crippen LogP contribution is -2.14. The van der Waals surface area contributed by atoms with Crippen LogP contribution in [0.2, 0.25) is 5.02 Å². The van der Waals surface area contributed by atoms with Crippen LogP contribution in [0.15, 0.2) is 52.2 Å². The standard InChI is InChI=1S/C18H14ClFN2OS2/c1-11-8-14(20)6-7-15(11)21-17(23)10-25-18-22-16(9-24-18)12-2-4-13(19)5-3-12/h2-9H,10H2,1H3,(H,21,23). The zero-order valence-electron chi connectivity index (χ0n) is 13.3. The van der Waals surface area contributed by atoms with Crippen LogP contribution in [-0.4, -0.2) is 16.6 Å². The van der Waals surface area contributed by atoms with Crippen molar-refractivity contribution in [1.29, 1.82) is 0 Å². The van der Waals surface area contributed by atoms with Crippen molar-refractivity contribution in [2.24, 2.45) is 0 Å². The van der Waals surface area contributed by atoms with E-state index >= 15 is 0 Å². The Hall–Kier alpha value is -1.89. The van der Waals surface area contributed by atoms with Crippen LogP contribution in [0.5, 0.6) is 0 Å². The van der Waals surface area contributed by atoms with Crippen molar-refractivity contribution in [3.8, 4) is 11.3 Å². The molecule has 128 valence electrons. The van der Waals surface area contributed by atoms with Crippen molar-refractivity contribution in [1.82, 2.24) is 4.98 Å². The second-order valence-electron chi connectivity index (χ2n) is 5.30. The molecule has 0 aliphatic rings. The highest BCUT2D eigenvalue weighted by atomic mass is 35.5. The lowest BCUT2D eigenvalue weighted by Gasteiger charge is -2.07. The maximum Gasteiger partial charge on any atom is 0.234 e. The summed E-state index contributed by atoms with van der Waals surface area (Å²) in [7, 11) is 0. The average molecular weight is 393 g/mol. The number of nitrogens with zero attached hydrogens (tertiary/aromatic N) is 1. The third kappa shape index (κ3) is 4.81. The summed E-state index contributed by atoms with van der Waals surface area (Å²) < 4.78 is 13.9. The first-order valence-electron chi connectivity index (χ1n) is 7.41. The van der Waals surface area contributed by atoms with E-state index in [2.05, 4.69) is 10.3 Å². The van der Waals surface area contributed by atoms with Crippen molar-refractivity contribution in [3.63, 3.8) is 0 Å². The molecule has 1 aromatic heterocycles. The van der Waals surface area contributed by atoms with Gasteiger partial charge in [0.05, 0.1) is 11.4 Å². The monoisotopic (exact) mass is 392 g/mol. The summed E-state index contributed by atoms with van der Waals surface area (Å²) in [4.78, 5) is 16.6. The smallest absolute Gasteiger partial charge is 0.234 e. The number of benzene rings is 2. The highest BCUT2D eigenvalue weighted by Gasteiger charge is 2.10. The number of aryl methyl sites for hydroxylation is 1. The Bertz CT molecular complexity index is 896. The third-order valence-corrected chi connectivity index (χ3v) is 5.69. The fourth-order valence-corrected chi connectivity index (χ4v) is 3.92. The highest BCUT2D eigenvalue weighted by molar-refractivity contribution is 8.01. The quantitative estimate of drug-likeness (QED) is 0.571. The van der Waals surface area contributed by atoms with E-state index in [1.165, 1.54) is 35.2 Å². The van der Waals surface area contributed by atoms with Crippen LogP contribution < -0.4 is 5.32 Å². The molecule has 0 saturated carbocycles. The number of anilines is 1. The Morgan fingerprint density at radius 1 is 1.28 bits per heavy atom. The predicted octanol–water partition coefficient (Wildman–Crippen LogP) is 5.64. The summed E-state index contributed by atoms with van der Waals surface area (Å²) in [5.41, 5.74) is 3.16. The van der Waals surface area contributed by atoms with E-state index in [4.69, 9.17) is 11.6 Å². The topological polar surface area (TPSA) is 42.0 Å². The van der Waals surface area contributed by atoms with E-state index in [1.807, 2.05) is 29.6 Å². The van der Waals surface area contributed by atoms with Gasteiger partial charge >= 0.3 is 0 Å². The molecule has 0 spiro atoms. The summed E-state index contributed by atoms with van der Waals surface area (Å²) in [6.45, 7) is 1.76. The summed E-state index contributed by atoms with van der Waals surface area (Å²) in [6, 6.07) is 11.8. The second-order valence-corrected chi connectivity index (χ2v) is 7.82. The Kier molecular flexibility index (Phi) is 5.73. The summed E-state index contributed by atoms with van der Waals surface area (Å²) >= 11 is 8.75. The van der Waals surface area contributed by atoms with Crippen LogP contribution in [0.4, 0.5) is 10.1 Å². The number of thiazole rings is 1. The van der Waals surface area contributed by atoms with Gasteiger partial charge in [-0.25, -0.2) is 9.37 Å². The number of carbonyl (C=O) groups is 1. The number of halogens is 2. The van der Waals surface area contributed by atoms with Gasteiger partial charge < -0.3 is 5.32 Å². The molecule has 0 radical (unpaired) electrons. The van der Waals surface area contributed by atoms with E-state index in [-0.39, 0.29) is 17.5 Å². The van der Waals surface area contributed by atoms with E-state index < -0.39 is 0 Å². The SMILES string of the molecule is Cc1cc(F)ccc1NC(=O)CSc1nc(-c2ccc(Cl)cc2)cs1. The fourth-order valence-electron chi connectivity index (χ4n) is 2.16. The number of hydrogen-bond acceptors (Lipinski definition) is 4. The molecule has 1 heterocycles. The third-order valence-electron chi connectivity index (χ3n) is 3.41. The lowest BCUT2D eigenvalue weighted by molar-refractivity contribution is -0.113. The van der Waals surface area contributed by atoms with Crippen LogP contribution in [0.3, 0.4) is 0 Å². The molecule has 1 N–H and O–H groups in total. The lowest BCUT2D eigenvalue weighted by atomic mass is 10.2.